The molecule has 0 bridgehead atoms. The third-order valence-electron chi connectivity index (χ3n) is 3.62. The fraction of sp³-hybridized carbons (Fsp3) is 0.438. The van der Waals surface area contributed by atoms with Gasteiger partial charge >= 0.3 is 0 Å². The Hall–Kier alpha value is -2.00. The predicted octanol–water partition coefficient (Wildman–Crippen LogP) is 2.88. The van der Waals surface area contributed by atoms with Crippen molar-refractivity contribution < 1.29 is 4.79 Å². The molecule has 0 spiro atoms. The molecule has 3 aromatic rings. The molecule has 1 N–H and O–H groups in total. The molecule has 0 fully saturated rings. The number of para-hydroxylation sites is 1. The normalized spacial score (nSPS) is 12.6. The first-order valence-electron chi connectivity index (χ1n) is 8.07. The van der Waals surface area contributed by atoms with Crippen LogP contribution in [0.15, 0.2) is 29.4 Å². The Balaban J connectivity index is 1.50. The highest BCUT2D eigenvalue weighted by molar-refractivity contribution is 7.99. The summed E-state index contributed by atoms with van der Waals surface area (Å²) in [5.41, 5.74) is 1.01. The summed E-state index contributed by atoms with van der Waals surface area (Å²) in [4.78, 5) is 16.7. The molecular formula is C16H20N6OS2. The van der Waals surface area contributed by atoms with Gasteiger partial charge in [-0.1, -0.05) is 30.8 Å². The summed E-state index contributed by atoms with van der Waals surface area (Å²) in [6.07, 6.45) is 0. The third kappa shape index (κ3) is 4.35. The first-order chi connectivity index (χ1) is 12.0. The summed E-state index contributed by atoms with van der Waals surface area (Å²) in [6, 6.07) is 8.24. The van der Waals surface area contributed by atoms with E-state index in [2.05, 4.69) is 38.8 Å². The van der Waals surface area contributed by atoms with Gasteiger partial charge in [0.15, 0.2) is 0 Å². The number of fused-ring (bicyclic) bond motifs is 1. The molecule has 2 heterocycles. The number of thioether (sulfide) groups is 1. The first kappa shape index (κ1) is 17.8. The van der Waals surface area contributed by atoms with Crippen LogP contribution in [0.2, 0.25) is 0 Å². The van der Waals surface area contributed by atoms with E-state index in [0.717, 1.165) is 10.5 Å². The van der Waals surface area contributed by atoms with E-state index in [0.29, 0.717) is 17.5 Å². The second-order valence-electron chi connectivity index (χ2n) is 6.01. The largest absolute Gasteiger partial charge is 0.355 e. The van der Waals surface area contributed by atoms with Crippen LogP contribution in [0.3, 0.4) is 0 Å². The van der Waals surface area contributed by atoms with E-state index in [1.807, 2.05) is 32.0 Å². The molecule has 1 atom stereocenters. The van der Waals surface area contributed by atoms with Gasteiger partial charge in [-0.3, -0.25) is 4.79 Å². The Bertz CT molecular complexity index is 826. The van der Waals surface area contributed by atoms with Crippen LogP contribution in [0.4, 0.5) is 0 Å². The molecule has 0 aliphatic carbocycles. The van der Waals surface area contributed by atoms with Gasteiger partial charge in [-0.15, -0.1) is 16.4 Å². The molecule has 9 heteroatoms. The first-order valence-corrected chi connectivity index (χ1v) is 9.87. The molecule has 1 unspecified atom stereocenters. The molecule has 3 rings (SSSR count). The smallest absolute Gasteiger partial charge is 0.230 e. The molecule has 132 valence electrons. The molecular weight excluding hydrogens is 356 g/mol. The number of benzene rings is 1. The van der Waals surface area contributed by atoms with Gasteiger partial charge in [0.1, 0.15) is 0 Å². The van der Waals surface area contributed by atoms with Crippen molar-refractivity contribution in [2.45, 2.75) is 37.9 Å². The van der Waals surface area contributed by atoms with Crippen molar-refractivity contribution in [2.75, 3.05) is 12.3 Å². The molecule has 0 saturated heterocycles. The minimum atomic E-state index is -0.0312. The van der Waals surface area contributed by atoms with Crippen LogP contribution in [0, 0.1) is 0 Å². The highest BCUT2D eigenvalue weighted by Crippen LogP contribution is 2.26. The number of hydrogen-bond acceptors (Lipinski definition) is 7. The highest BCUT2D eigenvalue weighted by Gasteiger charge is 2.15. The molecule has 1 aromatic carbocycles. The third-order valence-corrected chi connectivity index (χ3v) is 5.82. The van der Waals surface area contributed by atoms with E-state index >= 15 is 0 Å². The number of carbonyl (C=O) groups excluding carboxylic acids is 1. The van der Waals surface area contributed by atoms with Crippen LogP contribution in [-0.2, 0) is 4.79 Å². The summed E-state index contributed by atoms with van der Waals surface area (Å²) in [7, 11) is 0. The zero-order chi connectivity index (χ0) is 17.8. The second kappa shape index (κ2) is 7.92. The van der Waals surface area contributed by atoms with E-state index < -0.39 is 0 Å². The van der Waals surface area contributed by atoms with E-state index in [1.54, 1.807) is 16.0 Å². The molecule has 1 amide bonds. The number of thiazole rings is 1. The average molecular weight is 377 g/mol. The van der Waals surface area contributed by atoms with Crippen molar-refractivity contribution in [2.24, 2.45) is 0 Å². The summed E-state index contributed by atoms with van der Waals surface area (Å²) in [5.74, 6) is 0.434. The molecule has 7 nitrogen and oxygen atoms in total. The van der Waals surface area contributed by atoms with Gasteiger partial charge in [-0.25, -0.2) is 9.67 Å². The molecule has 25 heavy (non-hydrogen) atoms. The lowest BCUT2D eigenvalue weighted by atomic mass is 10.2. The van der Waals surface area contributed by atoms with Crippen LogP contribution in [-0.4, -0.2) is 43.4 Å². The SMILES string of the molecule is CC(CNC(=O)CSc1nnnn1C(C)C)c1nc2ccccc2s1. The Morgan fingerprint density at radius 2 is 2.12 bits per heavy atom. The van der Waals surface area contributed by atoms with Gasteiger partial charge in [0.2, 0.25) is 11.1 Å². The minimum absolute atomic E-state index is 0.0312. The van der Waals surface area contributed by atoms with E-state index in [4.69, 9.17) is 0 Å². The number of hydrogen-bond donors (Lipinski definition) is 1. The Labute approximate surface area is 154 Å². The lowest BCUT2D eigenvalue weighted by molar-refractivity contribution is -0.118. The number of amides is 1. The van der Waals surface area contributed by atoms with Crippen LogP contribution in [0.1, 0.15) is 37.7 Å². The quantitative estimate of drug-likeness (QED) is 0.638. The fourth-order valence-corrected chi connectivity index (χ4v) is 4.10. The van der Waals surface area contributed by atoms with E-state index in [-0.39, 0.29) is 17.9 Å². The van der Waals surface area contributed by atoms with Gasteiger partial charge < -0.3 is 5.32 Å². The van der Waals surface area contributed by atoms with Gasteiger partial charge in [0.25, 0.3) is 0 Å². The number of nitrogens with zero attached hydrogens (tertiary/aromatic N) is 5. The fourth-order valence-electron chi connectivity index (χ4n) is 2.24. The van der Waals surface area contributed by atoms with Crippen LogP contribution in [0.25, 0.3) is 10.2 Å². The lowest BCUT2D eigenvalue weighted by Gasteiger charge is -2.10. The van der Waals surface area contributed by atoms with Gasteiger partial charge in [-0.05, 0) is 36.4 Å². The van der Waals surface area contributed by atoms with Crippen molar-refractivity contribution in [3.8, 4) is 0 Å². The molecule has 0 radical (unpaired) electrons. The maximum atomic E-state index is 12.1. The number of rotatable bonds is 7. The van der Waals surface area contributed by atoms with Crippen LogP contribution < -0.4 is 5.32 Å². The zero-order valence-electron chi connectivity index (χ0n) is 14.3. The monoisotopic (exact) mass is 376 g/mol. The van der Waals surface area contributed by atoms with Crippen molar-refractivity contribution in [1.29, 1.82) is 0 Å². The topological polar surface area (TPSA) is 85.6 Å². The van der Waals surface area contributed by atoms with Gasteiger partial charge in [0, 0.05) is 12.5 Å². The number of tetrazole rings is 1. The minimum Gasteiger partial charge on any atom is -0.355 e. The standard InChI is InChI=1S/C16H20N6OS2/c1-10(2)22-16(19-20-21-22)24-9-14(23)17-8-11(3)15-18-12-6-4-5-7-13(12)25-15/h4-7,10-11H,8-9H2,1-3H3,(H,17,23). The zero-order valence-corrected chi connectivity index (χ0v) is 16.0. The number of nitrogens with one attached hydrogen (secondary N) is 1. The molecule has 2 aromatic heterocycles. The average Bonchev–Trinajstić information content (AvgIpc) is 3.24. The Morgan fingerprint density at radius 1 is 1.32 bits per heavy atom. The Morgan fingerprint density at radius 3 is 2.88 bits per heavy atom. The summed E-state index contributed by atoms with van der Waals surface area (Å²) < 4.78 is 2.88. The molecule has 0 aliphatic heterocycles. The Kier molecular flexibility index (Phi) is 5.64. The van der Waals surface area contributed by atoms with Crippen molar-refractivity contribution >= 4 is 39.2 Å². The second-order valence-corrected chi connectivity index (χ2v) is 8.02. The summed E-state index contributed by atoms with van der Waals surface area (Å²) >= 11 is 3.02. The maximum absolute atomic E-state index is 12.1. The highest BCUT2D eigenvalue weighted by atomic mass is 32.2. The van der Waals surface area contributed by atoms with E-state index in [1.165, 1.54) is 16.5 Å². The van der Waals surface area contributed by atoms with E-state index in [9.17, 15) is 4.79 Å². The number of carbonyl (C=O) groups is 1. The van der Waals surface area contributed by atoms with Crippen molar-refractivity contribution in [3.63, 3.8) is 0 Å². The van der Waals surface area contributed by atoms with Crippen molar-refractivity contribution in [1.82, 2.24) is 30.5 Å². The van der Waals surface area contributed by atoms with Gasteiger partial charge in [-0.2, -0.15) is 0 Å². The molecule has 0 saturated carbocycles. The molecule has 0 aliphatic rings. The number of aromatic nitrogens is 5. The predicted molar refractivity (Wildman–Crippen MR) is 100.0 cm³/mol. The van der Waals surface area contributed by atoms with Crippen molar-refractivity contribution in [3.05, 3.63) is 29.3 Å². The maximum Gasteiger partial charge on any atom is 0.230 e. The lowest BCUT2D eigenvalue weighted by Crippen LogP contribution is -2.29. The summed E-state index contributed by atoms with van der Waals surface area (Å²) in [5, 5.41) is 16.2. The summed E-state index contributed by atoms with van der Waals surface area (Å²) in [6.45, 7) is 6.64. The van der Waals surface area contributed by atoms with Crippen LogP contribution >= 0.6 is 23.1 Å². The van der Waals surface area contributed by atoms with Crippen LogP contribution in [0.5, 0.6) is 0 Å². The van der Waals surface area contributed by atoms with Gasteiger partial charge in [0.05, 0.1) is 27.0 Å².